The number of nitrogens with two attached hydrogens (primary N) is 1. The van der Waals surface area contributed by atoms with Crippen LogP contribution in [0.1, 0.15) is 5.56 Å². The van der Waals surface area contributed by atoms with Gasteiger partial charge in [-0.05, 0) is 12.1 Å². The first-order valence-electron chi connectivity index (χ1n) is 3.60. The Hall–Kier alpha value is -2.22. The molecule has 0 aliphatic rings. The van der Waals surface area contributed by atoms with Crippen LogP contribution in [0.2, 0.25) is 0 Å². The smallest absolute Gasteiger partial charge is 0.240 e. The highest BCUT2D eigenvalue weighted by molar-refractivity contribution is 5.80. The molecule has 5 nitrogen and oxygen atoms in total. The Labute approximate surface area is 73.8 Å². The molecule has 0 spiro atoms. The lowest BCUT2D eigenvalue weighted by molar-refractivity contribution is 1.04. The first kappa shape index (κ1) is 7.43. The second-order valence-electron chi connectivity index (χ2n) is 2.46. The number of aromatic nitrogens is 3. The first-order chi connectivity index (χ1) is 6.31. The fraction of sp³-hybridized carbons (Fsp3) is 0. The lowest BCUT2D eigenvalue weighted by atomic mass is 10.2. The highest BCUT2D eigenvalue weighted by Gasteiger charge is 2.03. The van der Waals surface area contributed by atoms with Crippen LogP contribution in [0.15, 0.2) is 18.2 Å². The van der Waals surface area contributed by atoms with Crippen LogP contribution in [0, 0.1) is 11.3 Å². The van der Waals surface area contributed by atoms with Gasteiger partial charge in [-0.15, -0.1) is 10.2 Å². The van der Waals surface area contributed by atoms with Gasteiger partial charge in [0.2, 0.25) is 5.95 Å². The molecule has 1 heterocycles. The molecule has 0 fully saturated rings. The van der Waals surface area contributed by atoms with Gasteiger partial charge >= 0.3 is 0 Å². The van der Waals surface area contributed by atoms with Gasteiger partial charge in [-0.2, -0.15) is 5.26 Å². The van der Waals surface area contributed by atoms with Crippen LogP contribution < -0.4 is 5.73 Å². The van der Waals surface area contributed by atoms with Crippen molar-refractivity contribution in [3.8, 4) is 6.07 Å². The summed E-state index contributed by atoms with van der Waals surface area (Å²) in [5.74, 6) is 0.0789. The van der Waals surface area contributed by atoms with Gasteiger partial charge in [-0.3, -0.25) is 0 Å². The van der Waals surface area contributed by atoms with Crippen LogP contribution in [0.4, 0.5) is 5.95 Å². The van der Waals surface area contributed by atoms with Gasteiger partial charge in [0.15, 0.2) is 0 Å². The van der Waals surface area contributed by atoms with E-state index in [9.17, 15) is 0 Å². The van der Waals surface area contributed by atoms with Gasteiger partial charge in [0, 0.05) is 0 Å². The summed E-state index contributed by atoms with van der Waals surface area (Å²) in [6.07, 6.45) is 0. The molecule has 1 aromatic heterocycles. The van der Waals surface area contributed by atoms with Gasteiger partial charge in [0.05, 0.1) is 5.56 Å². The largest absolute Gasteiger partial charge is 0.366 e. The third-order valence-electron chi connectivity index (χ3n) is 1.62. The van der Waals surface area contributed by atoms with Crippen molar-refractivity contribution in [1.29, 1.82) is 5.26 Å². The van der Waals surface area contributed by atoms with E-state index in [0.717, 1.165) is 0 Å². The maximum absolute atomic E-state index is 8.75. The maximum atomic E-state index is 8.75. The van der Waals surface area contributed by atoms with Crippen molar-refractivity contribution in [3.63, 3.8) is 0 Å². The zero-order valence-corrected chi connectivity index (χ0v) is 6.60. The molecule has 0 radical (unpaired) electrons. The van der Waals surface area contributed by atoms with E-state index < -0.39 is 0 Å². The van der Waals surface area contributed by atoms with Crippen molar-refractivity contribution >= 4 is 17.0 Å². The Kier molecular flexibility index (Phi) is 1.53. The normalized spacial score (nSPS) is 9.77. The summed E-state index contributed by atoms with van der Waals surface area (Å²) in [4.78, 5) is 3.93. The standard InChI is InChI=1S/C8H5N5/c9-4-5-2-1-3-6-7(5)11-8(10)13-12-6/h1-3H,(H2,10,11,13). The number of hydrogen-bond donors (Lipinski definition) is 1. The lowest BCUT2D eigenvalue weighted by Crippen LogP contribution is -1.98. The molecule has 5 heteroatoms. The molecule has 0 saturated heterocycles. The first-order valence-corrected chi connectivity index (χ1v) is 3.60. The minimum atomic E-state index is 0.0789. The number of para-hydroxylation sites is 1. The Morgan fingerprint density at radius 2 is 2.15 bits per heavy atom. The van der Waals surface area contributed by atoms with Crippen molar-refractivity contribution in [3.05, 3.63) is 23.8 Å². The summed E-state index contributed by atoms with van der Waals surface area (Å²) in [5, 5.41) is 16.1. The summed E-state index contributed by atoms with van der Waals surface area (Å²) in [7, 11) is 0. The second kappa shape index (κ2) is 2.68. The molecular weight excluding hydrogens is 166 g/mol. The van der Waals surface area contributed by atoms with Crippen LogP contribution in [-0.4, -0.2) is 15.2 Å². The number of hydrogen-bond acceptors (Lipinski definition) is 5. The van der Waals surface area contributed by atoms with Gasteiger partial charge in [-0.25, -0.2) is 4.98 Å². The molecule has 2 N–H and O–H groups in total. The van der Waals surface area contributed by atoms with Gasteiger partial charge in [0.25, 0.3) is 0 Å². The number of rotatable bonds is 0. The average molecular weight is 171 g/mol. The molecule has 0 bridgehead atoms. The third-order valence-corrected chi connectivity index (χ3v) is 1.62. The van der Waals surface area contributed by atoms with Crippen molar-refractivity contribution in [1.82, 2.24) is 15.2 Å². The number of nitrogen functional groups attached to an aromatic ring is 1. The third kappa shape index (κ3) is 1.14. The molecule has 0 amide bonds. The molecule has 13 heavy (non-hydrogen) atoms. The van der Waals surface area contributed by atoms with E-state index in [-0.39, 0.29) is 5.95 Å². The lowest BCUT2D eigenvalue weighted by Gasteiger charge is -1.96. The van der Waals surface area contributed by atoms with Crippen molar-refractivity contribution in [2.24, 2.45) is 0 Å². The van der Waals surface area contributed by atoms with Crippen molar-refractivity contribution < 1.29 is 0 Å². The van der Waals surface area contributed by atoms with Crippen LogP contribution in [0.5, 0.6) is 0 Å². The fourth-order valence-corrected chi connectivity index (χ4v) is 1.06. The summed E-state index contributed by atoms with van der Waals surface area (Å²) in [5.41, 5.74) is 6.89. The number of nitrogens with zero attached hydrogens (tertiary/aromatic N) is 4. The van der Waals surface area contributed by atoms with Crippen LogP contribution >= 0.6 is 0 Å². The Balaban J connectivity index is 2.89. The van der Waals surface area contributed by atoms with E-state index in [2.05, 4.69) is 15.2 Å². The summed E-state index contributed by atoms with van der Waals surface area (Å²) < 4.78 is 0. The highest BCUT2D eigenvalue weighted by atomic mass is 15.2. The molecule has 0 aliphatic carbocycles. The van der Waals surface area contributed by atoms with Crippen molar-refractivity contribution in [2.75, 3.05) is 5.73 Å². The maximum Gasteiger partial charge on any atom is 0.240 e. The topological polar surface area (TPSA) is 88.5 Å². The summed E-state index contributed by atoms with van der Waals surface area (Å²) in [6, 6.07) is 7.14. The molecule has 0 unspecified atom stereocenters. The molecular formula is C8H5N5. The average Bonchev–Trinajstić information content (AvgIpc) is 2.17. The van der Waals surface area contributed by atoms with Crippen LogP contribution in [0.3, 0.4) is 0 Å². The van der Waals surface area contributed by atoms with Crippen molar-refractivity contribution in [2.45, 2.75) is 0 Å². The zero-order chi connectivity index (χ0) is 9.26. The SMILES string of the molecule is N#Cc1cccc2nnc(N)nc12. The van der Waals surface area contributed by atoms with E-state index in [1.165, 1.54) is 0 Å². The van der Waals surface area contributed by atoms with E-state index in [4.69, 9.17) is 11.0 Å². The molecule has 1 aromatic carbocycles. The fourth-order valence-electron chi connectivity index (χ4n) is 1.06. The minimum absolute atomic E-state index is 0.0789. The van der Waals surface area contributed by atoms with E-state index in [1.54, 1.807) is 18.2 Å². The van der Waals surface area contributed by atoms with Gasteiger partial charge in [-0.1, -0.05) is 6.07 Å². The molecule has 0 atom stereocenters. The Morgan fingerprint density at radius 1 is 1.31 bits per heavy atom. The van der Waals surface area contributed by atoms with Gasteiger partial charge in [0.1, 0.15) is 17.1 Å². The predicted octanol–water partition coefficient (Wildman–Crippen LogP) is 0.479. The zero-order valence-electron chi connectivity index (χ0n) is 6.60. The molecule has 62 valence electrons. The quantitative estimate of drug-likeness (QED) is 0.622. The highest BCUT2D eigenvalue weighted by Crippen LogP contribution is 2.12. The molecule has 0 saturated carbocycles. The Bertz CT molecular complexity index is 499. The van der Waals surface area contributed by atoms with Crippen LogP contribution in [0.25, 0.3) is 11.0 Å². The van der Waals surface area contributed by atoms with Crippen LogP contribution in [-0.2, 0) is 0 Å². The number of anilines is 1. The Morgan fingerprint density at radius 3 is 2.92 bits per heavy atom. The van der Waals surface area contributed by atoms with E-state index in [1.807, 2.05) is 6.07 Å². The monoisotopic (exact) mass is 171 g/mol. The molecule has 0 aliphatic heterocycles. The predicted molar refractivity (Wildman–Crippen MR) is 46.5 cm³/mol. The van der Waals surface area contributed by atoms with Gasteiger partial charge < -0.3 is 5.73 Å². The van der Waals surface area contributed by atoms with E-state index >= 15 is 0 Å². The molecule has 2 rings (SSSR count). The minimum Gasteiger partial charge on any atom is -0.366 e. The second-order valence-corrected chi connectivity index (χ2v) is 2.46. The number of nitriles is 1. The molecule has 2 aromatic rings. The summed E-state index contributed by atoms with van der Waals surface area (Å²) >= 11 is 0. The van der Waals surface area contributed by atoms with E-state index in [0.29, 0.717) is 16.6 Å². The summed E-state index contributed by atoms with van der Waals surface area (Å²) in [6.45, 7) is 0. The number of benzene rings is 1. The number of fused-ring (bicyclic) bond motifs is 1.